The molecule has 0 amide bonds. The van der Waals surface area contributed by atoms with E-state index in [9.17, 15) is 9.18 Å². The van der Waals surface area contributed by atoms with Gasteiger partial charge in [0.15, 0.2) is 0 Å². The van der Waals surface area contributed by atoms with Crippen molar-refractivity contribution >= 4 is 5.78 Å². The Balaban J connectivity index is 1.53. The molecule has 0 spiro atoms. The van der Waals surface area contributed by atoms with Crippen LogP contribution in [0.5, 0.6) is 5.75 Å². The Bertz CT molecular complexity index is 669. The average molecular weight is 390 g/mol. The maximum atomic E-state index is 14.6. The average Bonchev–Trinajstić information content (AvgIpc) is 3.44. The third kappa shape index (κ3) is 5.79. The standard InChI is InChI=1S/C24H36FNO2/c1-4-16(2)11-20(27)15-22-23(25)12-17(3)13-24(22)28-10-7-19-14-21(19)18-5-8-26-9-6-18/h12-13,16,18-19,21,26H,4-11,14-15H2,1-3H3. The SMILES string of the molecule is CCC(C)CC(=O)Cc1c(F)cc(C)cc1OCCC1CC1C1CCNCC1. The molecule has 1 saturated carbocycles. The number of rotatable bonds is 10. The molecule has 3 atom stereocenters. The van der Waals surface area contributed by atoms with Crippen molar-refractivity contribution in [3.05, 3.63) is 29.1 Å². The first-order valence-electron chi connectivity index (χ1n) is 11.1. The zero-order valence-electron chi connectivity index (χ0n) is 17.7. The van der Waals surface area contributed by atoms with Crippen molar-refractivity contribution in [1.29, 1.82) is 0 Å². The summed E-state index contributed by atoms with van der Waals surface area (Å²) in [4.78, 5) is 12.4. The normalized spacial score (nSPS) is 23.4. The molecule has 1 aliphatic carbocycles. The van der Waals surface area contributed by atoms with Gasteiger partial charge >= 0.3 is 0 Å². The molecule has 156 valence electrons. The highest BCUT2D eigenvalue weighted by Crippen LogP contribution is 2.49. The van der Waals surface area contributed by atoms with Gasteiger partial charge in [0.25, 0.3) is 0 Å². The Morgan fingerprint density at radius 3 is 2.79 bits per heavy atom. The first kappa shape index (κ1) is 21.3. The molecule has 0 aromatic heterocycles. The van der Waals surface area contributed by atoms with E-state index in [1.807, 2.05) is 13.0 Å². The highest BCUT2D eigenvalue weighted by Gasteiger charge is 2.42. The summed E-state index contributed by atoms with van der Waals surface area (Å²) in [5.41, 5.74) is 1.27. The van der Waals surface area contributed by atoms with Crippen molar-refractivity contribution in [3.8, 4) is 5.75 Å². The number of hydrogen-bond donors (Lipinski definition) is 1. The summed E-state index contributed by atoms with van der Waals surface area (Å²) in [7, 11) is 0. The Labute approximate surface area is 169 Å². The van der Waals surface area contributed by atoms with Crippen LogP contribution in [-0.2, 0) is 11.2 Å². The molecule has 1 saturated heterocycles. The molecule has 1 aromatic carbocycles. The number of piperidine rings is 1. The van der Waals surface area contributed by atoms with Crippen molar-refractivity contribution < 1.29 is 13.9 Å². The number of nitrogens with one attached hydrogen (secondary N) is 1. The molecule has 4 heteroatoms. The number of ether oxygens (including phenoxy) is 1. The first-order chi connectivity index (χ1) is 13.5. The van der Waals surface area contributed by atoms with E-state index in [0.717, 1.165) is 49.2 Å². The van der Waals surface area contributed by atoms with Gasteiger partial charge in [0.1, 0.15) is 17.3 Å². The van der Waals surface area contributed by atoms with Crippen molar-refractivity contribution in [2.24, 2.45) is 23.7 Å². The summed E-state index contributed by atoms with van der Waals surface area (Å²) in [6, 6.07) is 3.39. The van der Waals surface area contributed by atoms with E-state index in [2.05, 4.69) is 19.2 Å². The number of carbonyl (C=O) groups excluding carboxylic acids is 1. The third-order valence-electron chi connectivity index (χ3n) is 6.66. The van der Waals surface area contributed by atoms with Crippen LogP contribution in [0.25, 0.3) is 0 Å². The lowest BCUT2D eigenvalue weighted by Crippen LogP contribution is -2.29. The number of benzene rings is 1. The minimum absolute atomic E-state index is 0.0927. The van der Waals surface area contributed by atoms with Crippen molar-refractivity contribution in [3.63, 3.8) is 0 Å². The van der Waals surface area contributed by atoms with Crippen LogP contribution in [0, 0.1) is 36.4 Å². The molecule has 1 heterocycles. The molecule has 0 bridgehead atoms. The summed E-state index contributed by atoms with van der Waals surface area (Å²) in [5, 5.41) is 3.44. The molecule has 2 fully saturated rings. The predicted molar refractivity (Wildman–Crippen MR) is 111 cm³/mol. The summed E-state index contributed by atoms with van der Waals surface area (Å²) in [6.45, 7) is 8.93. The number of carbonyl (C=O) groups is 1. The summed E-state index contributed by atoms with van der Waals surface area (Å²) in [5.74, 6) is 3.17. The van der Waals surface area contributed by atoms with E-state index < -0.39 is 0 Å². The summed E-state index contributed by atoms with van der Waals surface area (Å²) < 4.78 is 20.6. The Kier molecular flexibility index (Phi) is 7.50. The molecular weight excluding hydrogens is 353 g/mol. The van der Waals surface area contributed by atoms with Gasteiger partial charge in [-0.25, -0.2) is 4.39 Å². The van der Waals surface area contributed by atoms with Gasteiger partial charge in [-0.3, -0.25) is 4.79 Å². The first-order valence-corrected chi connectivity index (χ1v) is 11.1. The second-order valence-corrected chi connectivity index (χ2v) is 9.04. The highest BCUT2D eigenvalue weighted by atomic mass is 19.1. The van der Waals surface area contributed by atoms with Crippen LogP contribution in [0.1, 0.15) is 63.5 Å². The zero-order valence-corrected chi connectivity index (χ0v) is 17.7. The number of ketones is 1. The van der Waals surface area contributed by atoms with E-state index in [0.29, 0.717) is 30.3 Å². The molecular formula is C24H36FNO2. The molecule has 3 nitrogen and oxygen atoms in total. The third-order valence-corrected chi connectivity index (χ3v) is 6.66. The van der Waals surface area contributed by atoms with Crippen LogP contribution in [0.3, 0.4) is 0 Å². The van der Waals surface area contributed by atoms with Crippen LogP contribution in [0.4, 0.5) is 4.39 Å². The summed E-state index contributed by atoms with van der Waals surface area (Å²) >= 11 is 0. The fourth-order valence-corrected chi connectivity index (χ4v) is 4.62. The molecule has 0 radical (unpaired) electrons. The van der Waals surface area contributed by atoms with E-state index in [4.69, 9.17) is 4.74 Å². The Hall–Kier alpha value is -1.42. The Morgan fingerprint density at radius 1 is 1.32 bits per heavy atom. The fraction of sp³-hybridized carbons (Fsp3) is 0.708. The van der Waals surface area contributed by atoms with Crippen molar-refractivity contribution in [2.45, 2.75) is 65.7 Å². The topological polar surface area (TPSA) is 38.3 Å². The van der Waals surface area contributed by atoms with Crippen LogP contribution >= 0.6 is 0 Å². The van der Waals surface area contributed by atoms with Gasteiger partial charge in [-0.1, -0.05) is 20.3 Å². The molecule has 28 heavy (non-hydrogen) atoms. The maximum Gasteiger partial charge on any atom is 0.137 e. The van der Waals surface area contributed by atoms with E-state index in [1.165, 1.54) is 25.3 Å². The van der Waals surface area contributed by atoms with Gasteiger partial charge in [0.05, 0.1) is 6.61 Å². The van der Waals surface area contributed by atoms with Crippen LogP contribution in [-0.4, -0.2) is 25.5 Å². The predicted octanol–water partition coefficient (Wildman–Crippen LogP) is 5.09. The maximum absolute atomic E-state index is 14.6. The lowest BCUT2D eigenvalue weighted by atomic mass is 9.91. The van der Waals surface area contributed by atoms with E-state index in [1.54, 1.807) is 0 Å². The number of hydrogen-bond acceptors (Lipinski definition) is 3. The molecule has 1 aliphatic heterocycles. The minimum Gasteiger partial charge on any atom is -0.493 e. The molecule has 1 N–H and O–H groups in total. The monoisotopic (exact) mass is 389 g/mol. The zero-order chi connectivity index (χ0) is 20.1. The molecule has 1 aromatic rings. The van der Waals surface area contributed by atoms with Crippen LogP contribution in [0.15, 0.2) is 12.1 Å². The molecule has 3 rings (SSSR count). The largest absolute Gasteiger partial charge is 0.493 e. The number of halogens is 1. The Morgan fingerprint density at radius 2 is 2.07 bits per heavy atom. The van der Waals surface area contributed by atoms with Gasteiger partial charge in [-0.15, -0.1) is 0 Å². The van der Waals surface area contributed by atoms with E-state index in [-0.39, 0.29) is 18.0 Å². The summed E-state index contributed by atoms with van der Waals surface area (Å²) in [6.07, 6.45) is 6.54. The smallest absolute Gasteiger partial charge is 0.137 e. The second kappa shape index (κ2) is 9.87. The van der Waals surface area contributed by atoms with Crippen LogP contribution in [0.2, 0.25) is 0 Å². The molecule has 3 unspecified atom stereocenters. The highest BCUT2D eigenvalue weighted by molar-refractivity contribution is 5.81. The quantitative estimate of drug-likeness (QED) is 0.606. The van der Waals surface area contributed by atoms with Crippen LogP contribution < -0.4 is 10.1 Å². The van der Waals surface area contributed by atoms with Gasteiger partial charge < -0.3 is 10.1 Å². The van der Waals surface area contributed by atoms with Gasteiger partial charge in [0.2, 0.25) is 0 Å². The lowest BCUT2D eigenvalue weighted by molar-refractivity contribution is -0.119. The lowest BCUT2D eigenvalue weighted by Gasteiger charge is -2.22. The van der Waals surface area contributed by atoms with E-state index >= 15 is 0 Å². The van der Waals surface area contributed by atoms with Gasteiger partial charge in [0, 0.05) is 18.4 Å². The number of Topliss-reactive ketones (excluding diaryl/α,β-unsaturated/α-hetero) is 1. The van der Waals surface area contributed by atoms with Gasteiger partial charge in [-0.05, 0) is 87.1 Å². The molecule has 2 aliphatic rings. The second-order valence-electron chi connectivity index (χ2n) is 9.04. The van der Waals surface area contributed by atoms with Crippen molar-refractivity contribution in [1.82, 2.24) is 5.32 Å². The minimum atomic E-state index is -0.313. The van der Waals surface area contributed by atoms with Gasteiger partial charge in [-0.2, -0.15) is 0 Å². The van der Waals surface area contributed by atoms with Crippen molar-refractivity contribution in [2.75, 3.05) is 19.7 Å². The fourth-order valence-electron chi connectivity index (χ4n) is 4.62. The number of aryl methyl sites for hydroxylation is 1.